The van der Waals surface area contributed by atoms with Gasteiger partial charge in [0.25, 0.3) is 5.91 Å². The van der Waals surface area contributed by atoms with Crippen molar-refractivity contribution in [3.8, 4) is 5.75 Å². The van der Waals surface area contributed by atoms with Crippen LogP contribution in [0.2, 0.25) is 0 Å². The van der Waals surface area contributed by atoms with Gasteiger partial charge in [0, 0.05) is 6.54 Å². The third-order valence-corrected chi connectivity index (χ3v) is 5.24. The first kappa shape index (κ1) is 22.4. The first-order valence-corrected chi connectivity index (χ1v) is 10.5. The lowest BCUT2D eigenvalue weighted by molar-refractivity contribution is -0.154. The van der Waals surface area contributed by atoms with Crippen LogP contribution < -0.4 is 14.8 Å². The molecule has 1 heterocycles. The quantitative estimate of drug-likeness (QED) is 0.525. The highest BCUT2D eigenvalue weighted by atomic mass is 32.2. The van der Waals surface area contributed by atoms with E-state index in [0.717, 1.165) is 0 Å². The number of hydrogen-bond acceptors (Lipinski definition) is 7. The van der Waals surface area contributed by atoms with Gasteiger partial charge in [-0.3, -0.25) is 9.59 Å². The fourth-order valence-electron chi connectivity index (χ4n) is 2.29. The number of carbonyl (C=O) groups excluding carboxylic acids is 2. The summed E-state index contributed by atoms with van der Waals surface area (Å²) in [7, 11) is -3.77. The Labute approximate surface area is 169 Å². The molecular formula is C19H24N2O7S. The summed E-state index contributed by atoms with van der Waals surface area (Å²) < 4.78 is 42.2. The predicted molar refractivity (Wildman–Crippen MR) is 104 cm³/mol. The number of sulfonamides is 1. The zero-order valence-electron chi connectivity index (χ0n) is 16.2. The van der Waals surface area contributed by atoms with Crippen LogP contribution in [0.3, 0.4) is 0 Å². The first-order valence-electron chi connectivity index (χ1n) is 9.04. The van der Waals surface area contributed by atoms with E-state index in [1.165, 1.54) is 25.3 Å². The Hall–Kier alpha value is -2.85. The van der Waals surface area contributed by atoms with Crippen molar-refractivity contribution in [3.05, 3.63) is 48.4 Å². The van der Waals surface area contributed by atoms with Crippen molar-refractivity contribution in [2.45, 2.75) is 37.8 Å². The molecule has 0 aliphatic rings. The Morgan fingerprint density at radius 1 is 1.17 bits per heavy atom. The van der Waals surface area contributed by atoms with Crippen LogP contribution in [-0.4, -0.2) is 39.5 Å². The Morgan fingerprint density at radius 3 is 2.52 bits per heavy atom. The summed E-state index contributed by atoms with van der Waals surface area (Å²) in [5.41, 5.74) is 0. The molecular weight excluding hydrogens is 400 g/mol. The molecule has 0 radical (unpaired) electrons. The topological polar surface area (TPSA) is 124 Å². The van der Waals surface area contributed by atoms with Crippen molar-refractivity contribution in [2.75, 3.05) is 13.2 Å². The Kier molecular flexibility index (Phi) is 8.22. The number of ether oxygens (including phenoxy) is 2. The normalized spacial score (nSPS) is 12.2. The van der Waals surface area contributed by atoms with Gasteiger partial charge >= 0.3 is 5.97 Å². The number of nitrogens with one attached hydrogen (secondary N) is 2. The van der Waals surface area contributed by atoms with Gasteiger partial charge in [-0.05, 0) is 50.2 Å². The van der Waals surface area contributed by atoms with Gasteiger partial charge < -0.3 is 19.2 Å². The SMILES string of the molecule is CCOc1ccc(S(=O)(=O)NCCC(=O)OC(C)C(=O)NCc2ccco2)cc1. The van der Waals surface area contributed by atoms with Gasteiger partial charge in [-0.25, -0.2) is 13.1 Å². The van der Waals surface area contributed by atoms with Crippen LogP contribution in [0.4, 0.5) is 0 Å². The summed E-state index contributed by atoms with van der Waals surface area (Å²) in [6.07, 6.45) is 0.256. The zero-order valence-corrected chi connectivity index (χ0v) is 17.0. The van der Waals surface area contributed by atoms with Gasteiger partial charge in [-0.2, -0.15) is 0 Å². The maximum absolute atomic E-state index is 12.2. The van der Waals surface area contributed by atoms with Crippen molar-refractivity contribution in [3.63, 3.8) is 0 Å². The number of benzene rings is 1. The van der Waals surface area contributed by atoms with Gasteiger partial charge in [0.1, 0.15) is 11.5 Å². The fourth-order valence-corrected chi connectivity index (χ4v) is 3.33. The van der Waals surface area contributed by atoms with Crippen molar-refractivity contribution in [2.24, 2.45) is 0 Å². The lowest BCUT2D eigenvalue weighted by atomic mass is 10.3. The largest absolute Gasteiger partial charge is 0.494 e. The van der Waals surface area contributed by atoms with Crippen molar-refractivity contribution >= 4 is 21.9 Å². The standard InChI is InChI=1S/C19H24N2O7S/c1-3-26-15-6-8-17(9-7-15)29(24,25)21-11-10-18(22)28-14(2)19(23)20-13-16-5-4-12-27-16/h4-9,12,14,21H,3,10-11,13H2,1-2H3,(H,20,23). The van der Waals surface area contributed by atoms with E-state index >= 15 is 0 Å². The number of amides is 1. The highest BCUT2D eigenvalue weighted by Crippen LogP contribution is 2.15. The van der Waals surface area contributed by atoms with Crippen LogP contribution >= 0.6 is 0 Å². The third-order valence-electron chi connectivity index (χ3n) is 3.76. The number of furan rings is 1. The molecule has 0 saturated carbocycles. The second kappa shape index (κ2) is 10.6. The van der Waals surface area contributed by atoms with Crippen LogP contribution in [0.1, 0.15) is 26.0 Å². The van der Waals surface area contributed by atoms with E-state index in [1.807, 2.05) is 6.92 Å². The van der Waals surface area contributed by atoms with Gasteiger partial charge in [-0.1, -0.05) is 0 Å². The molecule has 2 aromatic rings. The molecule has 0 aliphatic carbocycles. The number of hydrogen-bond donors (Lipinski definition) is 2. The van der Waals surface area contributed by atoms with Crippen molar-refractivity contribution in [1.82, 2.24) is 10.0 Å². The molecule has 9 nitrogen and oxygen atoms in total. The van der Waals surface area contributed by atoms with Crippen LogP contribution in [0.5, 0.6) is 5.75 Å². The van der Waals surface area contributed by atoms with Crippen LogP contribution in [0.25, 0.3) is 0 Å². The molecule has 0 fully saturated rings. The molecule has 0 spiro atoms. The molecule has 1 aromatic heterocycles. The second-order valence-corrected chi connectivity index (χ2v) is 7.75. The first-order chi connectivity index (χ1) is 13.8. The van der Waals surface area contributed by atoms with Crippen LogP contribution in [0, 0.1) is 0 Å². The van der Waals surface area contributed by atoms with E-state index in [2.05, 4.69) is 10.0 Å². The molecule has 1 atom stereocenters. The lowest BCUT2D eigenvalue weighted by Crippen LogP contribution is -2.36. The van der Waals surface area contributed by atoms with Gasteiger partial charge in [0.15, 0.2) is 6.10 Å². The molecule has 29 heavy (non-hydrogen) atoms. The predicted octanol–water partition coefficient (Wildman–Crippen LogP) is 1.59. The summed E-state index contributed by atoms with van der Waals surface area (Å²) in [5, 5.41) is 2.57. The van der Waals surface area contributed by atoms with E-state index in [9.17, 15) is 18.0 Å². The minimum absolute atomic E-state index is 0.0555. The molecule has 10 heteroatoms. The fraction of sp³-hybridized carbons (Fsp3) is 0.368. The summed E-state index contributed by atoms with van der Waals surface area (Å²) in [5.74, 6) is -0.0420. The molecule has 0 aliphatic heterocycles. The van der Waals surface area contributed by atoms with E-state index in [0.29, 0.717) is 18.1 Å². The minimum atomic E-state index is -3.77. The Bertz CT molecular complexity index is 893. The maximum atomic E-state index is 12.2. The molecule has 2 rings (SSSR count). The van der Waals surface area contributed by atoms with Crippen molar-refractivity contribution in [1.29, 1.82) is 0 Å². The summed E-state index contributed by atoms with van der Waals surface area (Å²) in [4.78, 5) is 23.8. The average molecular weight is 424 g/mol. The van der Waals surface area contributed by atoms with Crippen molar-refractivity contribution < 1.29 is 31.9 Å². The van der Waals surface area contributed by atoms with Gasteiger partial charge in [0.05, 0.1) is 30.7 Å². The Balaban J connectivity index is 1.74. The molecule has 1 amide bonds. The lowest BCUT2D eigenvalue weighted by Gasteiger charge is -2.13. The van der Waals surface area contributed by atoms with Crippen LogP contribution in [0.15, 0.2) is 52.0 Å². The number of rotatable bonds is 11. The minimum Gasteiger partial charge on any atom is -0.494 e. The molecule has 0 bridgehead atoms. The molecule has 0 saturated heterocycles. The Morgan fingerprint density at radius 2 is 1.90 bits per heavy atom. The smallest absolute Gasteiger partial charge is 0.307 e. The molecule has 158 valence electrons. The monoisotopic (exact) mass is 424 g/mol. The summed E-state index contributed by atoms with van der Waals surface area (Å²) >= 11 is 0. The van der Waals surface area contributed by atoms with E-state index in [1.54, 1.807) is 24.3 Å². The van der Waals surface area contributed by atoms with E-state index < -0.39 is 28.0 Å². The summed E-state index contributed by atoms with van der Waals surface area (Å²) in [6, 6.07) is 9.33. The van der Waals surface area contributed by atoms with E-state index in [-0.39, 0.29) is 24.4 Å². The zero-order chi connectivity index (χ0) is 21.3. The summed E-state index contributed by atoms with van der Waals surface area (Å²) in [6.45, 7) is 3.75. The number of esters is 1. The highest BCUT2D eigenvalue weighted by molar-refractivity contribution is 7.89. The van der Waals surface area contributed by atoms with Crippen LogP contribution in [-0.2, 0) is 30.9 Å². The maximum Gasteiger partial charge on any atom is 0.307 e. The second-order valence-electron chi connectivity index (χ2n) is 5.98. The highest BCUT2D eigenvalue weighted by Gasteiger charge is 2.19. The van der Waals surface area contributed by atoms with Gasteiger partial charge in [0.2, 0.25) is 10.0 Å². The third kappa shape index (κ3) is 7.24. The van der Waals surface area contributed by atoms with Gasteiger partial charge in [-0.15, -0.1) is 0 Å². The van der Waals surface area contributed by atoms with E-state index in [4.69, 9.17) is 13.9 Å². The number of carbonyl (C=O) groups is 2. The average Bonchev–Trinajstić information content (AvgIpc) is 3.20. The molecule has 1 unspecified atom stereocenters. The molecule has 2 N–H and O–H groups in total. The molecule has 1 aromatic carbocycles.